The van der Waals surface area contributed by atoms with Crippen LogP contribution >= 0.6 is 11.3 Å². The molecule has 0 amide bonds. The smallest absolute Gasteiger partial charge is 0.209 e. The monoisotopic (exact) mass is 381 g/mol. The number of allylic oxidation sites excluding steroid dienone is 4. The van der Waals surface area contributed by atoms with E-state index in [1.54, 1.807) is 16.9 Å². The molecule has 2 heterocycles. The molecule has 144 valence electrons. The number of rotatable bonds is 4. The van der Waals surface area contributed by atoms with E-state index in [2.05, 4.69) is 49.8 Å². The molecule has 27 heavy (non-hydrogen) atoms. The molecule has 0 aromatic carbocycles. The zero-order valence-electron chi connectivity index (χ0n) is 17.1. The molecule has 2 unspecified atom stereocenters. The van der Waals surface area contributed by atoms with Gasteiger partial charge in [-0.05, 0) is 80.9 Å². The molecule has 0 saturated heterocycles. The fourth-order valence-electron chi connectivity index (χ4n) is 5.36. The Morgan fingerprint density at radius 2 is 2.04 bits per heavy atom. The van der Waals surface area contributed by atoms with Crippen LogP contribution in [0.3, 0.4) is 0 Å². The van der Waals surface area contributed by atoms with Crippen molar-refractivity contribution in [3.8, 4) is 0 Å². The van der Waals surface area contributed by atoms with Crippen LogP contribution in [0.2, 0.25) is 0 Å². The van der Waals surface area contributed by atoms with E-state index in [9.17, 15) is 4.79 Å². The molecule has 2 atom stereocenters. The lowest BCUT2D eigenvalue weighted by molar-refractivity contribution is 0.102. The highest BCUT2D eigenvalue weighted by atomic mass is 32.1. The number of aromatic nitrogens is 1. The minimum absolute atomic E-state index is 0.260. The van der Waals surface area contributed by atoms with E-state index in [-0.39, 0.29) is 5.78 Å². The van der Waals surface area contributed by atoms with Crippen LogP contribution in [0.5, 0.6) is 0 Å². The second kappa shape index (κ2) is 7.43. The number of thiophene rings is 1. The van der Waals surface area contributed by atoms with Gasteiger partial charge in [0.2, 0.25) is 5.78 Å². The zero-order chi connectivity index (χ0) is 19.1. The van der Waals surface area contributed by atoms with Crippen molar-refractivity contribution >= 4 is 27.3 Å². The number of aryl methyl sites for hydroxylation is 1. The molecule has 2 nitrogen and oxygen atoms in total. The maximum Gasteiger partial charge on any atom is 0.209 e. The maximum absolute atomic E-state index is 13.9. The highest BCUT2D eigenvalue weighted by Crippen LogP contribution is 2.45. The lowest BCUT2D eigenvalue weighted by atomic mass is 9.77. The van der Waals surface area contributed by atoms with Gasteiger partial charge in [-0.3, -0.25) is 4.79 Å². The van der Waals surface area contributed by atoms with Gasteiger partial charge in [-0.2, -0.15) is 0 Å². The molecule has 2 aliphatic carbocycles. The van der Waals surface area contributed by atoms with Gasteiger partial charge in [0.25, 0.3) is 0 Å². The molecule has 4 rings (SSSR count). The zero-order valence-corrected chi connectivity index (χ0v) is 17.9. The summed E-state index contributed by atoms with van der Waals surface area (Å²) in [4.78, 5) is 15.1. The molecule has 0 aliphatic heterocycles. The molecule has 0 saturated carbocycles. The average Bonchev–Trinajstić information content (AvgIpc) is 3.24. The van der Waals surface area contributed by atoms with Crippen molar-refractivity contribution in [3.63, 3.8) is 0 Å². The normalized spacial score (nSPS) is 23.7. The van der Waals surface area contributed by atoms with Gasteiger partial charge in [0.15, 0.2) is 0 Å². The van der Waals surface area contributed by atoms with E-state index in [4.69, 9.17) is 0 Å². The molecule has 0 bridgehead atoms. The number of Topliss-reactive ketones (excluding diaryl/α,β-unsaturated/α-hetero) is 1. The van der Waals surface area contributed by atoms with Gasteiger partial charge >= 0.3 is 0 Å². The van der Waals surface area contributed by atoms with Crippen molar-refractivity contribution in [3.05, 3.63) is 45.5 Å². The minimum Gasteiger partial charge on any atom is -0.330 e. The van der Waals surface area contributed by atoms with Crippen LogP contribution in [0.15, 0.2) is 39.8 Å². The summed E-state index contributed by atoms with van der Waals surface area (Å²) in [6.07, 6.45) is 7.01. The summed E-state index contributed by atoms with van der Waals surface area (Å²) in [5, 5.41) is 3.33. The Labute approximate surface area is 167 Å². The molecule has 3 heteroatoms. The quantitative estimate of drug-likeness (QED) is 0.515. The van der Waals surface area contributed by atoms with Crippen molar-refractivity contribution in [1.82, 2.24) is 4.57 Å². The summed E-state index contributed by atoms with van der Waals surface area (Å²) >= 11 is 1.74. The topological polar surface area (TPSA) is 22.0 Å². The Morgan fingerprint density at radius 1 is 1.26 bits per heavy atom. The summed E-state index contributed by atoms with van der Waals surface area (Å²) in [5.41, 5.74) is 6.25. The predicted octanol–water partition coefficient (Wildman–Crippen LogP) is 7.16. The maximum atomic E-state index is 13.9. The highest BCUT2D eigenvalue weighted by Gasteiger charge is 2.33. The van der Waals surface area contributed by atoms with Gasteiger partial charge in [-0.1, -0.05) is 31.4 Å². The van der Waals surface area contributed by atoms with Gasteiger partial charge in [0.05, 0.1) is 5.69 Å². The third-order valence-corrected chi connectivity index (χ3v) is 7.82. The second-order valence-corrected chi connectivity index (χ2v) is 9.21. The summed E-state index contributed by atoms with van der Waals surface area (Å²) in [5.74, 6) is 1.53. The minimum atomic E-state index is 0.260. The summed E-state index contributed by atoms with van der Waals surface area (Å²) in [7, 11) is 0. The standard InChI is InChI=1S/C24H31NOS/c1-5-17-13-15(3)22(20-10-8-7-9-19(20)16(17)4)23(26)21-14-18-11-12-27-24(18)25(21)6-2/h11-12,14,16-17H,5-10,13H2,1-4H3. The largest absolute Gasteiger partial charge is 0.330 e. The SMILES string of the molecule is CCC1CC(C)=C(C(=O)c2cc3ccsc3n2CC)C2=C(CCCC2)C1C. The second-order valence-electron chi connectivity index (χ2n) is 8.31. The number of carbonyl (C=O) groups is 1. The van der Waals surface area contributed by atoms with E-state index in [0.29, 0.717) is 11.8 Å². The fraction of sp³-hybridized carbons (Fsp3) is 0.542. The molecular formula is C24H31NOS. The molecule has 2 aromatic rings. The van der Waals surface area contributed by atoms with Crippen molar-refractivity contribution in [2.45, 2.75) is 72.8 Å². The molecule has 2 aliphatic rings. The Kier molecular flexibility index (Phi) is 5.15. The Morgan fingerprint density at radius 3 is 2.78 bits per heavy atom. The van der Waals surface area contributed by atoms with Crippen LogP contribution in [-0.4, -0.2) is 10.4 Å². The lowest BCUT2D eigenvalue weighted by Crippen LogP contribution is -2.17. The van der Waals surface area contributed by atoms with Crippen LogP contribution in [-0.2, 0) is 6.54 Å². The third-order valence-electron chi connectivity index (χ3n) is 6.87. The van der Waals surface area contributed by atoms with E-state index in [1.165, 1.54) is 47.0 Å². The van der Waals surface area contributed by atoms with Crippen LogP contribution in [0.25, 0.3) is 10.2 Å². The van der Waals surface area contributed by atoms with Gasteiger partial charge in [-0.15, -0.1) is 11.3 Å². The molecule has 2 aromatic heterocycles. The van der Waals surface area contributed by atoms with Crippen molar-refractivity contribution in [1.29, 1.82) is 0 Å². The number of fused-ring (bicyclic) bond motifs is 1. The van der Waals surface area contributed by atoms with Gasteiger partial charge in [0.1, 0.15) is 4.83 Å². The molecule has 0 N–H and O–H groups in total. The van der Waals surface area contributed by atoms with Crippen LogP contribution in [0, 0.1) is 11.8 Å². The number of carbonyl (C=O) groups excluding carboxylic acids is 1. The van der Waals surface area contributed by atoms with Gasteiger partial charge in [-0.25, -0.2) is 0 Å². The summed E-state index contributed by atoms with van der Waals surface area (Å²) in [6, 6.07) is 4.25. The number of ketones is 1. The first-order valence-corrected chi connectivity index (χ1v) is 11.5. The highest BCUT2D eigenvalue weighted by molar-refractivity contribution is 7.16. The average molecular weight is 382 g/mol. The number of nitrogens with zero attached hydrogens (tertiary/aromatic N) is 1. The molecular weight excluding hydrogens is 350 g/mol. The molecule has 0 radical (unpaired) electrons. The van der Waals surface area contributed by atoms with E-state index < -0.39 is 0 Å². The van der Waals surface area contributed by atoms with Gasteiger partial charge in [0, 0.05) is 17.5 Å². The first-order valence-electron chi connectivity index (χ1n) is 10.6. The lowest BCUT2D eigenvalue weighted by Gasteiger charge is -2.28. The van der Waals surface area contributed by atoms with E-state index in [1.807, 2.05) is 0 Å². The Bertz CT molecular complexity index is 939. The fourth-order valence-corrected chi connectivity index (χ4v) is 6.33. The first kappa shape index (κ1) is 18.7. The summed E-state index contributed by atoms with van der Waals surface area (Å²) in [6.45, 7) is 9.91. The van der Waals surface area contributed by atoms with Crippen molar-refractivity contribution in [2.75, 3.05) is 0 Å². The van der Waals surface area contributed by atoms with E-state index >= 15 is 0 Å². The first-order chi connectivity index (χ1) is 13.1. The van der Waals surface area contributed by atoms with Crippen LogP contribution in [0.1, 0.15) is 76.7 Å². The van der Waals surface area contributed by atoms with E-state index in [0.717, 1.165) is 30.7 Å². The van der Waals surface area contributed by atoms with Crippen LogP contribution in [0.4, 0.5) is 0 Å². The van der Waals surface area contributed by atoms with Gasteiger partial charge < -0.3 is 4.57 Å². The third kappa shape index (κ3) is 3.04. The summed E-state index contributed by atoms with van der Waals surface area (Å²) < 4.78 is 2.22. The molecule has 0 spiro atoms. The van der Waals surface area contributed by atoms with Crippen molar-refractivity contribution < 1.29 is 4.79 Å². The predicted molar refractivity (Wildman–Crippen MR) is 116 cm³/mol. The van der Waals surface area contributed by atoms with Crippen molar-refractivity contribution in [2.24, 2.45) is 11.8 Å². The Balaban J connectivity index is 1.87. The number of hydrogen-bond donors (Lipinski definition) is 0. The van der Waals surface area contributed by atoms with Crippen LogP contribution < -0.4 is 0 Å². The number of hydrogen-bond acceptors (Lipinski definition) is 2. The Hall–Kier alpha value is -1.61. The molecule has 0 fully saturated rings.